The molecule has 145 valence electrons. The van der Waals surface area contributed by atoms with Gasteiger partial charge in [-0.2, -0.15) is 0 Å². The topological polar surface area (TPSA) is 0 Å². The Bertz CT molecular complexity index is 852. The van der Waals surface area contributed by atoms with Gasteiger partial charge >= 0.3 is 0 Å². The molecule has 0 heteroatoms. The molecule has 0 aliphatic heterocycles. The molecule has 3 rings (SSSR count). The van der Waals surface area contributed by atoms with Gasteiger partial charge in [0.15, 0.2) is 0 Å². The zero-order chi connectivity index (χ0) is 19.7. The van der Waals surface area contributed by atoms with Crippen LogP contribution in [-0.4, -0.2) is 0 Å². The second-order valence-corrected chi connectivity index (χ2v) is 7.78. The molecule has 2 aromatic rings. The molecule has 0 heterocycles. The normalized spacial score (nSPS) is 12.4. The predicted octanol–water partition coefficient (Wildman–Crippen LogP) is 7.20. The van der Waals surface area contributed by atoms with E-state index in [0.717, 1.165) is 44.9 Å². The van der Waals surface area contributed by atoms with Crippen LogP contribution in [0.4, 0.5) is 0 Å². The van der Waals surface area contributed by atoms with E-state index >= 15 is 0 Å². The molecular weight excluding hydrogens is 324 g/mol. The van der Waals surface area contributed by atoms with Gasteiger partial charge in [0.25, 0.3) is 0 Å². The van der Waals surface area contributed by atoms with E-state index in [1.807, 2.05) is 0 Å². The highest BCUT2D eigenvalue weighted by molar-refractivity contribution is 5.89. The van der Waals surface area contributed by atoms with E-state index in [1.165, 1.54) is 5.56 Å². The molecule has 0 spiro atoms. The van der Waals surface area contributed by atoms with Crippen molar-refractivity contribution in [2.45, 2.75) is 93.4 Å². The lowest BCUT2D eigenvalue weighted by molar-refractivity contribution is 0.940. The van der Waals surface area contributed by atoms with E-state index in [9.17, 15) is 0 Å². The van der Waals surface area contributed by atoms with Crippen molar-refractivity contribution < 1.29 is 0 Å². The van der Waals surface area contributed by atoms with Crippen LogP contribution in [-0.2, 0) is 44.9 Å². The SMILES string of the molecule is CCc1cc2c(c(CC)c1CC)-c1c(c(CC)c(CC)c(CC)c1CC)[CH]2. The molecule has 2 aromatic carbocycles. The van der Waals surface area contributed by atoms with E-state index < -0.39 is 0 Å². The minimum atomic E-state index is 1.13. The summed E-state index contributed by atoms with van der Waals surface area (Å²) in [6, 6.07) is 2.50. The summed E-state index contributed by atoms with van der Waals surface area (Å²) in [5.74, 6) is 0. The Morgan fingerprint density at radius 1 is 0.481 bits per heavy atom. The summed E-state index contributed by atoms with van der Waals surface area (Å²) in [7, 11) is 0. The van der Waals surface area contributed by atoms with Gasteiger partial charge in [-0.15, -0.1) is 0 Å². The van der Waals surface area contributed by atoms with Crippen molar-refractivity contribution >= 4 is 0 Å². The first-order valence-corrected chi connectivity index (χ1v) is 11.3. The molecule has 0 amide bonds. The molecule has 0 aromatic heterocycles. The van der Waals surface area contributed by atoms with Crippen LogP contribution in [0, 0.1) is 6.42 Å². The fourth-order valence-corrected chi connectivity index (χ4v) is 5.66. The Kier molecular flexibility index (Phi) is 6.14. The summed E-state index contributed by atoms with van der Waals surface area (Å²) in [4.78, 5) is 0. The molecule has 0 nitrogen and oxygen atoms in total. The highest BCUT2D eigenvalue weighted by atomic mass is 14.3. The number of fused-ring (bicyclic) bond motifs is 3. The third kappa shape index (κ3) is 2.96. The third-order valence-electron chi connectivity index (χ3n) is 6.71. The van der Waals surface area contributed by atoms with Crippen molar-refractivity contribution in [3.05, 3.63) is 62.6 Å². The average Bonchev–Trinajstić information content (AvgIpc) is 3.08. The molecule has 1 aliphatic carbocycles. The molecule has 0 bridgehead atoms. The van der Waals surface area contributed by atoms with Gasteiger partial charge in [0.05, 0.1) is 0 Å². The molecule has 27 heavy (non-hydrogen) atoms. The van der Waals surface area contributed by atoms with Crippen molar-refractivity contribution in [3.63, 3.8) is 0 Å². The van der Waals surface area contributed by atoms with Crippen LogP contribution in [0.1, 0.15) is 98.5 Å². The van der Waals surface area contributed by atoms with Crippen molar-refractivity contribution in [3.8, 4) is 11.1 Å². The van der Waals surface area contributed by atoms with E-state index in [1.54, 1.807) is 55.6 Å². The lowest BCUT2D eigenvalue weighted by Crippen LogP contribution is -2.08. The minimum absolute atomic E-state index is 1.13. The molecule has 0 saturated carbocycles. The monoisotopic (exact) mass is 361 g/mol. The Morgan fingerprint density at radius 3 is 1.44 bits per heavy atom. The maximum Gasteiger partial charge on any atom is 0.0215 e. The number of hydrogen-bond donors (Lipinski definition) is 0. The van der Waals surface area contributed by atoms with Crippen LogP contribution in [0.3, 0.4) is 0 Å². The van der Waals surface area contributed by atoms with Crippen molar-refractivity contribution in [2.75, 3.05) is 0 Å². The molecule has 0 N–H and O–H groups in total. The molecule has 0 atom stereocenters. The summed E-state index contributed by atoms with van der Waals surface area (Å²) in [6.07, 6.45) is 10.5. The Hall–Kier alpha value is -1.56. The molecule has 0 unspecified atom stereocenters. The smallest absolute Gasteiger partial charge is 0.0215 e. The van der Waals surface area contributed by atoms with E-state index in [2.05, 4.69) is 61.0 Å². The molecule has 1 radical (unpaired) electrons. The van der Waals surface area contributed by atoms with Gasteiger partial charge in [0, 0.05) is 6.42 Å². The fraction of sp³-hybridized carbons (Fsp3) is 0.519. The zero-order valence-electron chi connectivity index (χ0n) is 18.6. The molecular formula is C27H37. The van der Waals surface area contributed by atoms with Crippen LogP contribution in [0.25, 0.3) is 11.1 Å². The molecule has 0 saturated heterocycles. The fourth-order valence-electron chi connectivity index (χ4n) is 5.66. The lowest BCUT2D eigenvalue weighted by Gasteiger charge is -2.24. The number of benzene rings is 2. The maximum absolute atomic E-state index is 2.53. The van der Waals surface area contributed by atoms with Crippen LogP contribution < -0.4 is 0 Å². The van der Waals surface area contributed by atoms with Crippen LogP contribution >= 0.6 is 0 Å². The van der Waals surface area contributed by atoms with Crippen molar-refractivity contribution in [2.24, 2.45) is 0 Å². The average molecular weight is 362 g/mol. The summed E-state index contributed by atoms with van der Waals surface area (Å²) < 4.78 is 0. The Balaban J connectivity index is 2.46. The minimum Gasteiger partial charge on any atom is -0.0613 e. The zero-order valence-corrected chi connectivity index (χ0v) is 18.6. The summed E-state index contributed by atoms with van der Waals surface area (Å²) in [5, 5.41) is 0. The second kappa shape index (κ2) is 8.21. The Labute approximate surface area is 167 Å². The van der Waals surface area contributed by atoms with E-state index in [0.29, 0.717) is 0 Å². The van der Waals surface area contributed by atoms with Gasteiger partial charge in [-0.1, -0.05) is 54.5 Å². The number of rotatable bonds is 7. The molecule has 0 fully saturated rings. The van der Waals surface area contributed by atoms with Crippen LogP contribution in [0.15, 0.2) is 6.07 Å². The number of hydrogen-bond acceptors (Lipinski definition) is 0. The van der Waals surface area contributed by atoms with Gasteiger partial charge in [-0.05, 0) is 106 Å². The predicted molar refractivity (Wildman–Crippen MR) is 120 cm³/mol. The third-order valence-corrected chi connectivity index (χ3v) is 6.71. The lowest BCUT2D eigenvalue weighted by atomic mass is 9.81. The number of aryl methyl sites for hydroxylation is 1. The first kappa shape index (κ1) is 20.2. The quantitative estimate of drug-likeness (QED) is 0.417. The maximum atomic E-state index is 2.53. The van der Waals surface area contributed by atoms with Gasteiger partial charge in [0.2, 0.25) is 0 Å². The summed E-state index contributed by atoms with van der Waals surface area (Å²) in [5.41, 5.74) is 17.5. The first-order chi connectivity index (χ1) is 13.1. The van der Waals surface area contributed by atoms with E-state index in [-0.39, 0.29) is 0 Å². The van der Waals surface area contributed by atoms with Gasteiger partial charge in [0.1, 0.15) is 0 Å². The summed E-state index contributed by atoms with van der Waals surface area (Å²) in [6.45, 7) is 16.4. The Morgan fingerprint density at radius 2 is 0.963 bits per heavy atom. The van der Waals surface area contributed by atoms with Crippen molar-refractivity contribution in [1.82, 2.24) is 0 Å². The standard InChI is InChI=1S/C27H37/c1-8-17-15-18-16-25-22(12-5)20(10-3)21(11-4)24(14-7)27(25)26(18)23(13-6)19(17)9-2/h15-16H,8-14H2,1-7H3. The first-order valence-electron chi connectivity index (χ1n) is 11.3. The largest absolute Gasteiger partial charge is 0.0613 e. The van der Waals surface area contributed by atoms with Crippen LogP contribution in [0.2, 0.25) is 0 Å². The summed E-state index contributed by atoms with van der Waals surface area (Å²) >= 11 is 0. The van der Waals surface area contributed by atoms with Gasteiger partial charge in [-0.25, -0.2) is 0 Å². The van der Waals surface area contributed by atoms with E-state index in [4.69, 9.17) is 0 Å². The van der Waals surface area contributed by atoms with Crippen molar-refractivity contribution in [1.29, 1.82) is 0 Å². The van der Waals surface area contributed by atoms with Crippen LogP contribution in [0.5, 0.6) is 0 Å². The highest BCUT2D eigenvalue weighted by Crippen LogP contribution is 2.48. The molecule has 1 aliphatic rings. The van der Waals surface area contributed by atoms with Gasteiger partial charge in [-0.3, -0.25) is 0 Å². The van der Waals surface area contributed by atoms with Gasteiger partial charge < -0.3 is 0 Å². The second-order valence-electron chi connectivity index (χ2n) is 7.78. The highest BCUT2D eigenvalue weighted by Gasteiger charge is 2.31.